The second-order valence-corrected chi connectivity index (χ2v) is 6.85. The molecule has 2 nitrogen and oxygen atoms in total. The van der Waals surface area contributed by atoms with Gasteiger partial charge in [0, 0.05) is 19.1 Å². The lowest BCUT2D eigenvalue weighted by Crippen LogP contribution is -2.30. The van der Waals surface area contributed by atoms with Crippen LogP contribution >= 0.6 is 0 Å². The number of nitrogens with one attached hydrogen (secondary N) is 1. The zero-order chi connectivity index (χ0) is 13.9. The van der Waals surface area contributed by atoms with E-state index in [9.17, 15) is 0 Å². The smallest absolute Gasteiger partial charge is 0.0208 e. The normalized spacial score (nSPS) is 23.6. The second kappa shape index (κ2) is 6.28. The largest absolute Gasteiger partial charge is 0.312 e. The summed E-state index contributed by atoms with van der Waals surface area (Å²) < 4.78 is 0. The second-order valence-electron chi connectivity index (χ2n) is 6.85. The van der Waals surface area contributed by atoms with Crippen LogP contribution < -0.4 is 5.32 Å². The molecule has 2 aliphatic rings. The summed E-state index contributed by atoms with van der Waals surface area (Å²) in [6, 6.07) is 9.70. The van der Waals surface area contributed by atoms with Gasteiger partial charge in [-0.2, -0.15) is 0 Å². The van der Waals surface area contributed by atoms with Gasteiger partial charge in [0.2, 0.25) is 0 Å². The molecule has 1 heterocycles. The van der Waals surface area contributed by atoms with E-state index in [-0.39, 0.29) is 0 Å². The minimum Gasteiger partial charge on any atom is -0.312 e. The Labute approximate surface area is 123 Å². The number of benzene rings is 1. The van der Waals surface area contributed by atoms with Crippen molar-refractivity contribution in [1.29, 1.82) is 0 Å². The Hall–Kier alpha value is -0.860. The van der Waals surface area contributed by atoms with Crippen molar-refractivity contribution in [1.82, 2.24) is 10.2 Å². The fourth-order valence-electron chi connectivity index (χ4n) is 3.40. The van der Waals surface area contributed by atoms with Gasteiger partial charge in [-0.05, 0) is 69.2 Å². The number of rotatable bonds is 6. The van der Waals surface area contributed by atoms with Crippen molar-refractivity contribution < 1.29 is 0 Å². The highest BCUT2D eigenvalue weighted by atomic mass is 15.2. The number of hydrogen-bond donors (Lipinski definition) is 1. The van der Waals surface area contributed by atoms with Crippen LogP contribution in [0.2, 0.25) is 0 Å². The molecule has 2 fully saturated rings. The SMILES string of the molecule is CC(C)N1CCC(CNCc2ccccc2C2CC2)C1. The summed E-state index contributed by atoms with van der Waals surface area (Å²) in [6.45, 7) is 9.38. The van der Waals surface area contributed by atoms with Crippen molar-refractivity contribution in [3.63, 3.8) is 0 Å². The minimum atomic E-state index is 0.704. The summed E-state index contributed by atoms with van der Waals surface area (Å²) in [5, 5.41) is 3.70. The van der Waals surface area contributed by atoms with E-state index in [1.54, 1.807) is 5.56 Å². The molecule has 0 amide bonds. The molecule has 1 saturated heterocycles. The van der Waals surface area contributed by atoms with Crippen molar-refractivity contribution >= 4 is 0 Å². The van der Waals surface area contributed by atoms with Crippen LogP contribution in [0.1, 0.15) is 50.2 Å². The molecular formula is C18H28N2. The number of likely N-dealkylation sites (tertiary alicyclic amines) is 1. The first-order valence-corrected chi connectivity index (χ1v) is 8.26. The van der Waals surface area contributed by atoms with Crippen molar-refractivity contribution in [3.05, 3.63) is 35.4 Å². The van der Waals surface area contributed by atoms with E-state index in [1.807, 2.05) is 0 Å². The quantitative estimate of drug-likeness (QED) is 0.854. The van der Waals surface area contributed by atoms with Crippen LogP contribution in [0.3, 0.4) is 0 Å². The standard InChI is InChI=1S/C18H28N2/c1-14(2)20-10-9-15(13-20)11-19-12-17-5-3-4-6-18(17)16-7-8-16/h3-6,14-16,19H,7-13H2,1-2H3. The van der Waals surface area contributed by atoms with Gasteiger partial charge in [-0.25, -0.2) is 0 Å². The van der Waals surface area contributed by atoms with Crippen LogP contribution in [0, 0.1) is 5.92 Å². The Morgan fingerprint density at radius 2 is 2.00 bits per heavy atom. The van der Waals surface area contributed by atoms with E-state index >= 15 is 0 Å². The maximum atomic E-state index is 3.70. The zero-order valence-corrected chi connectivity index (χ0v) is 12.9. The van der Waals surface area contributed by atoms with E-state index in [0.29, 0.717) is 6.04 Å². The van der Waals surface area contributed by atoms with Gasteiger partial charge in [-0.1, -0.05) is 24.3 Å². The first-order chi connectivity index (χ1) is 9.74. The van der Waals surface area contributed by atoms with Gasteiger partial charge in [-0.15, -0.1) is 0 Å². The fourth-order valence-corrected chi connectivity index (χ4v) is 3.40. The highest BCUT2D eigenvalue weighted by Crippen LogP contribution is 2.41. The van der Waals surface area contributed by atoms with Crippen molar-refractivity contribution in [2.75, 3.05) is 19.6 Å². The van der Waals surface area contributed by atoms with Crippen molar-refractivity contribution in [2.24, 2.45) is 5.92 Å². The highest BCUT2D eigenvalue weighted by molar-refractivity contribution is 5.33. The molecule has 0 spiro atoms. The maximum absolute atomic E-state index is 3.70. The molecule has 1 saturated carbocycles. The van der Waals surface area contributed by atoms with Gasteiger partial charge in [0.05, 0.1) is 0 Å². The average Bonchev–Trinajstić information content (AvgIpc) is 3.18. The van der Waals surface area contributed by atoms with E-state index in [4.69, 9.17) is 0 Å². The Kier molecular flexibility index (Phi) is 4.42. The molecule has 1 aliphatic carbocycles. The van der Waals surface area contributed by atoms with Crippen LogP contribution in [0.5, 0.6) is 0 Å². The highest BCUT2D eigenvalue weighted by Gasteiger charge is 2.26. The average molecular weight is 272 g/mol. The molecule has 0 aromatic heterocycles. The first kappa shape index (κ1) is 14.1. The number of nitrogens with zero attached hydrogens (tertiary/aromatic N) is 1. The van der Waals surface area contributed by atoms with Gasteiger partial charge in [0.1, 0.15) is 0 Å². The lowest BCUT2D eigenvalue weighted by Gasteiger charge is -2.20. The topological polar surface area (TPSA) is 15.3 Å². The van der Waals surface area contributed by atoms with Crippen LogP contribution in [0.4, 0.5) is 0 Å². The summed E-state index contributed by atoms with van der Waals surface area (Å²) in [7, 11) is 0. The van der Waals surface area contributed by atoms with E-state index in [0.717, 1.165) is 18.4 Å². The molecule has 1 unspecified atom stereocenters. The molecule has 0 bridgehead atoms. The molecule has 110 valence electrons. The van der Waals surface area contributed by atoms with Crippen molar-refractivity contribution in [2.45, 2.75) is 51.6 Å². The lowest BCUT2D eigenvalue weighted by atomic mass is 10.0. The molecule has 1 atom stereocenters. The molecule has 1 aromatic rings. The Balaban J connectivity index is 1.46. The molecule has 2 heteroatoms. The van der Waals surface area contributed by atoms with Crippen LogP contribution in [-0.4, -0.2) is 30.6 Å². The molecular weight excluding hydrogens is 244 g/mol. The summed E-state index contributed by atoms with van der Waals surface area (Å²) in [5.74, 6) is 1.70. The third-order valence-corrected chi connectivity index (χ3v) is 4.87. The molecule has 3 rings (SSSR count). The van der Waals surface area contributed by atoms with Crippen molar-refractivity contribution in [3.8, 4) is 0 Å². The third-order valence-electron chi connectivity index (χ3n) is 4.87. The monoisotopic (exact) mass is 272 g/mol. The minimum absolute atomic E-state index is 0.704. The Morgan fingerprint density at radius 1 is 1.20 bits per heavy atom. The predicted molar refractivity (Wildman–Crippen MR) is 84.9 cm³/mol. The van der Waals surface area contributed by atoms with E-state index < -0.39 is 0 Å². The molecule has 1 aromatic carbocycles. The van der Waals surface area contributed by atoms with E-state index in [2.05, 4.69) is 48.3 Å². The van der Waals surface area contributed by atoms with Crippen LogP contribution in [0.25, 0.3) is 0 Å². The Bertz CT molecular complexity index is 437. The van der Waals surface area contributed by atoms with Gasteiger partial charge >= 0.3 is 0 Å². The number of hydrogen-bond acceptors (Lipinski definition) is 2. The van der Waals surface area contributed by atoms with Crippen LogP contribution in [-0.2, 0) is 6.54 Å². The lowest BCUT2D eigenvalue weighted by molar-refractivity contribution is 0.264. The zero-order valence-electron chi connectivity index (χ0n) is 12.9. The third kappa shape index (κ3) is 3.42. The van der Waals surface area contributed by atoms with Gasteiger partial charge in [0.15, 0.2) is 0 Å². The first-order valence-electron chi connectivity index (χ1n) is 8.26. The predicted octanol–water partition coefficient (Wildman–Crippen LogP) is 3.38. The van der Waals surface area contributed by atoms with E-state index in [1.165, 1.54) is 44.5 Å². The van der Waals surface area contributed by atoms with Crippen LogP contribution in [0.15, 0.2) is 24.3 Å². The summed E-state index contributed by atoms with van der Waals surface area (Å²) in [5.41, 5.74) is 3.11. The summed E-state index contributed by atoms with van der Waals surface area (Å²) in [6.07, 6.45) is 4.14. The molecule has 20 heavy (non-hydrogen) atoms. The van der Waals surface area contributed by atoms with Gasteiger partial charge in [0.25, 0.3) is 0 Å². The molecule has 1 aliphatic heterocycles. The van der Waals surface area contributed by atoms with Gasteiger partial charge < -0.3 is 10.2 Å². The fraction of sp³-hybridized carbons (Fsp3) is 0.667. The molecule has 1 N–H and O–H groups in total. The maximum Gasteiger partial charge on any atom is 0.0208 e. The molecule has 0 radical (unpaired) electrons. The summed E-state index contributed by atoms with van der Waals surface area (Å²) >= 11 is 0. The Morgan fingerprint density at radius 3 is 2.70 bits per heavy atom. The summed E-state index contributed by atoms with van der Waals surface area (Å²) in [4.78, 5) is 2.60. The van der Waals surface area contributed by atoms with Gasteiger partial charge in [-0.3, -0.25) is 0 Å².